The minimum absolute atomic E-state index is 0.792. The molecule has 0 amide bonds. The van der Waals surface area contributed by atoms with Crippen LogP contribution in [0.1, 0.15) is 42.6 Å². The largest absolute Gasteiger partial charge is 0.258 e. The summed E-state index contributed by atoms with van der Waals surface area (Å²) in [6.45, 7) is 4.28. The molecule has 1 nitrogen and oxygen atoms in total. The van der Waals surface area contributed by atoms with E-state index in [0.29, 0.717) is 0 Å². The first-order chi connectivity index (χ1) is 5.81. The molecule has 0 N–H and O–H groups in total. The first kappa shape index (κ1) is 7.78. The van der Waals surface area contributed by atoms with Crippen molar-refractivity contribution in [3.63, 3.8) is 0 Å². The van der Waals surface area contributed by atoms with Gasteiger partial charge >= 0.3 is 0 Å². The fraction of sp³-hybridized carbons (Fsp3) is 0.545. The van der Waals surface area contributed by atoms with Crippen LogP contribution in [0.15, 0.2) is 12.1 Å². The molecule has 12 heavy (non-hydrogen) atoms. The van der Waals surface area contributed by atoms with Crippen LogP contribution in [0.25, 0.3) is 0 Å². The second kappa shape index (κ2) is 2.89. The summed E-state index contributed by atoms with van der Waals surface area (Å²) in [6.07, 6.45) is 3.83. The molecule has 0 aliphatic heterocycles. The molecule has 1 saturated carbocycles. The number of nitrogens with zero attached hydrogens (tertiary/aromatic N) is 1. The standard InChI is InChI=1S/C11H15N/c1-3-9-5-4-8(2)12-11(9)10-6-7-10/h4-5,10H,3,6-7H2,1-2H3. The Kier molecular flexibility index (Phi) is 1.87. The predicted molar refractivity (Wildman–Crippen MR) is 50.3 cm³/mol. The van der Waals surface area contributed by atoms with E-state index in [-0.39, 0.29) is 0 Å². The summed E-state index contributed by atoms with van der Waals surface area (Å²) in [6, 6.07) is 4.35. The van der Waals surface area contributed by atoms with E-state index in [0.717, 1.165) is 18.0 Å². The Labute approximate surface area is 73.8 Å². The summed E-state index contributed by atoms with van der Waals surface area (Å²) in [5.74, 6) is 0.792. The summed E-state index contributed by atoms with van der Waals surface area (Å²) in [5, 5.41) is 0. The van der Waals surface area contributed by atoms with E-state index in [9.17, 15) is 0 Å². The molecule has 0 aromatic carbocycles. The Morgan fingerprint density at radius 1 is 1.42 bits per heavy atom. The van der Waals surface area contributed by atoms with Gasteiger partial charge in [-0.3, -0.25) is 4.98 Å². The highest BCUT2D eigenvalue weighted by molar-refractivity contribution is 5.28. The third-order valence-corrected chi connectivity index (χ3v) is 2.50. The van der Waals surface area contributed by atoms with E-state index < -0.39 is 0 Å². The highest BCUT2D eigenvalue weighted by Crippen LogP contribution is 2.40. The van der Waals surface area contributed by atoms with Gasteiger partial charge in [-0.15, -0.1) is 0 Å². The Morgan fingerprint density at radius 3 is 2.75 bits per heavy atom. The van der Waals surface area contributed by atoms with Gasteiger partial charge in [0.1, 0.15) is 0 Å². The van der Waals surface area contributed by atoms with Crippen molar-refractivity contribution in [1.82, 2.24) is 4.98 Å². The molecule has 1 fully saturated rings. The molecule has 1 aromatic rings. The molecule has 0 bridgehead atoms. The number of pyridine rings is 1. The van der Waals surface area contributed by atoms with Crippen LogP contribution in [-0.2, 0) is 6.42 Å². The molecule has 0 radical (unpaired) electrons. The van der Waals surface area contributed by atoms with E-state index in [2.05, 4.69) is 31.0 Å². The van der Waals surface area contributed by atoms with E-state index in [1.165, 1.54) is 24.1 Å². The van der Waals surface area contributed by atoms with E-state index in [1.807, 2.05) is 0 Å². The predicted octanol–water partition coefficient (Wildman–Crippen LogP) is 2.83. The van der Waals surface area contributed by atoms with E-state index >= 15 is 0 Å². The van der Waals surface area contributed by atoms with Gasteiger partial charge in [-0.25, -0.2) is 0 Å². The Morgan fingerprint density at radius 2 is 2.17 bits per heavy atom. The second-order valence-corrected chi connectivity index (χ2v) is 3.62. The van der Waals surface area contributed by atoms with Crippen molar-refractivity contribution in [2.45, 2.75) is 39.0 Å². The van der Waals surface area contributed by atoms with Crippen LogP contribution in [0, 0.1) is 6.92 Å². The molecule has 1 aliphatic rings. The number of hydrogen-bond acceptors (Lipinski definition) is 1. The number of aromatic nitrogens is 1. The molecular weight excluding hydrogens is 146 g/mol. The van der Waals surface area contributed by atoms with Crippen molar-refractivity contribution in [3.05, 3.63) is 29.1 Å². The fourth-order valence-electron chi connectivity index (χ4n) is 1.61. The molecule has 1 aliphatic carbocycles. The van der Waals surface area contributed by atoms with E-state index in [4.69, 9.17) is 0 Å². The number of hydrogen-bond donors (Lipinski definition) is 0. The Bertz CT molecular complexity index is 287. The number of aryl methyl sites for hydroxylation is 2. The van der Waals surface area contributed by atoms with Crippen molar-refractivity contribution < 1.29 is 0 Å². The molecule has 1 aromatic heterocycles. The van der Waals surface area contributed by atoms with Crippen LogP contribution in [-0.4, -0.2) is 4.98 Å². The molecular formula is C11H15N. The maximum atomic E-state index is 4.61. The summed E-state index contributed by atoms with van der Waals surface area (Å²) in [7, 11) is 0. The smallest absolute Gasteiger partial charge is 0.0469 e. The molecule has 64 valence electrons. The lowest BCUT2D eigenvalue weighted by Gasteiger charge is -2.05. The maximum Gasteiger partial charge on any atom is 0.0469 e. The first-order valence-corrected chi connectivity index (χ1v) is 4.77. The van der Waals surface area contributed by atoms with Gasteiger partial charge in [-0.05, 0) is 37.8 Å². The quantitative estimate of drug-likeness (QED) is 0.650. The van der Waals surface area contributed by atoms with Gasteiger partial charge in [0, 0.05) is 17.3 Å². The topological polar surface area (TPSA) is 12.9 Å². The second-order valence-electron chi connectivity index (χ2n) is 3.62. The van der Waals surface area contributed by atoms with Gasteiger partial charge in [0.2, 0.25) is 0 Å². The lowest BCUT2D eigenvalue weighted by Crippen LogP contribution is -1.96. The van der Waals surface area contributed by atoms with Gasteiger partial charge in [-0.1, -0.05) is 13.0 Å². The average molecular weight is 161 g/mol. The van der Waals surface area contributed by atoms with Crippen LogP contribution in [0.5, 0.6) is 0 Å². The zero-order chi connectivity index (χ0) is 8.55. The molecule has 1 heterocycles. The summed E-state index contributed by atoms with van der Waals surface area (Å²) in [4.78, 5) is 4.61. The fourth-order valence-corrected chi connectivity index (χ4v) is 1.61. The van der Waals surface area contributed by atoms with Crippen molar-refractivity contribution >= 4 is 0 Å². The minimum Gasteiger partial charge on any atom is -0.258 e. The number of rotatable bonds is 2. The highest BCUT2D eigenvalue weighted by Gasteiger charge is 2.26. The Balaban J connectivity index is 2.39. The van der Waals surface area contributed by atoms with E-state index in [1.54, 1.807) is 0 Å². The molecule has 0 atom stereocenters. The van der Waals surface area contributed by atoms with Crippen molar-refractivity contribution in [2.75, 3.05) is 0 Å². The monoisotopic (exact) mass is 161 g/mol. The lowest BCUT2D eigenvalue weighted by molar-refractivity contribution is 0.935. The van der Waals surface area contributed by atoms with Gasteiger partial charge in [0.05, 0.1) is 0 Å². The lowest BCUT2D eigenvalue weighted by atomic mass is 10.1. The zero-order valence-electron chi connectivity index (χ0n) is 7.80. The van der Waals surface area contributed by atoms with Crippen molar-refractivity contribution in [2.24, 2.45) is 0 Å². The highest BCUT2D eigenvalue weighted by atomic mass is 14.7. The van der Waals surface area contributed by atoms with Gasteiger partial charge < -0.3 is 0 Å². The molecule has 0 spiro atoms. The third kappa shape index (κ3) is 1.36. The van der Waals surface area contributed by atoms with Crippen molar-refractivity contribution in [3.8, 4) is 0 Å². The normalized spacial score (nSPS) is 16.5. The van der Waals surface area contributed by atoms with Gasteiger partial charge in [0.15, 0.2) is 0 Å². The van der Waals surface area contributed by atoms with Crippen LogP contribution in [0.4, 0.5) is 0 Å². The third-order valence-electron chi connectivity index (χ3n) is 2.50. The Hall–Kier alpha value is -0.850. The molecule has 1 heteroatoms. The van der Waals surface area contributed by atoms with Crippen LogP contribution >= 0.6 is 0 Å². The van der Waals surface area contributed by atoms with Gasteiger partial charge in [0.25, 0.3) is 0 Å². The average Bonchev–Trinajstić information content (AvgIpc) is 2.87. The first-order valence-electron chi connectivity index (χ1n) is 4.77. The van der Waals surface area contributed by atoms with Gasteiger partial charge in [-0.2, -0.15) is 0 Å². The van der Waals surface area contributed by atoms with Crippen LogP contribution < -0.4 is 0 Å². The molecule has 0 unspecified atom stereocenters. The molecule has 0 saturated heterocycles. The summed E-state index contributed by atoms with van der Waals surface area (Å²) >= 11 is 0. The SMILES string of the molecule is CCc1ccc(C)nc1C1CC1. The van der Waals surface area contributed by atoms with Crippen LogP contribution in [0.3, 0.4) is 0 Å². The van der Waals surface area contributed by atoms with Crippen LogP contribution in [0.2, 0.25) is 0 Å². The summed E-state index contributed by atoms with van der Waals surface area (Å²) in [5.41, 5.74) is 3.98. The maximum absolute atomic E-state index is 4.61. The minimum atomic E-state index is 0.792. The zero-order valence-corrected chi connectivity index (χ0v) is 7.80. The summed E-state index contributed by atoms with van der Waals surface area (Å²) < 4.78 is 0. The molecule has 2 rings (SSSR count). The van der Waals surface area contributed by atoms with Crippen molar-refractivity contribution in [1.29, 1.82) is 0 Å².